The Morgan fingerprint density at radius 3 is 2.67 bits per heavy atom. The van der Waals surface area contributed by atoms with Crippen LogP contribution in [-0.4, -0.2) is 35.9 Å². The number of aromatic nitrogens is 1. The molecule has 1 aromatic rings. The van der Waals surface area contributed by atoms with E-state index in [2.05, 4.69) is 31.1 Å². The molecule has 0 saturated carbocycles. The predicted octanol–water partition coefficient (Wildman–Crippen LogP) is 2.63. The Morgan fingerprint density at radius 2 is 2.11 bits per heavy atom. The molecule has 1 N–H and O–H groups in total. The molecule has 0 bridgehead atoms. The first-order valence-electron chi connectivity index (χ1n) is 6.40. The molecule has 18 heavy (non-hydrogen) atoms. The Labute approximate surface area is 109 Å². The van der Waals surface area contributed by atoms with Gasteiger partial charge in [-0.3, -0.25) is 9.78 Å². The van der Waals surface area contributed by atoms with Crippen molar-refractivity contribution in [3.05, 3.63) is 24.0 Å². The number of hydrogen-bond acceptors (Lipinski definition) is 3. The number of anilines is 1. The van der Waals surface area contributed by atoms with Crippen LogP contribution in [0.5, 0.6) is 0 Å². The topological polar surface area (TPSA) is 45.2 Å². The average Bonchev–Trinajstić information content (AvgIpc) is 2.36. The van der Waals surface area contributed by atoms with E-state index in [9.17, 15) is 4.79 Å². The summed E-state index contributed by atoms with van der Waals surface area (Å²) in [5.74, 6) is 0.515. The summed E-state index contributed by atoms with van der Waals surface area (Å²) in [6.07, 6.45) is 2.80. The molecule has 1 amide bonds. The highest BCUT2D eigenvalue weighted by Gasteiger charge is 2.13. The zero-order chi connectivity index (χ0) is 13.7. The Balaban J connectivity index is 2.80. The van der Waals surface area contributed by atoms with Gasteiger partial charge < -0.3 is 10.2 Å². The maximum absolute atomic E-state index is 11.8. The van der Waals surface area contributed by atoms with E-state index in [0.29, 0.717) is 17.7 Å². The minimum absolute atomic E-state index is 0.0742. The number of rotatable bonds is 5. The summed E-state index contributed by atoms with van der Waals surface area (Å²) in [6.45, 7) is 6.54. The standard InChI is InChI=1S/C14H23N3O/c1-6-10(2)11(3)16-12-7-8-15-13(9-12)14(18)17(4)5/h7-11H,6H2,1-5H3,(H,15,16). The monoisotopic (exact) mass is 249 g/mol. The van der Waals surface area contributed by atoms with E-state index in [1.807, 2.05) is 6.07 Å². The molecule has 1 heterocycles. The summed E-state index contributed by atoms with van der Waals surface area (Å²) < 4.78 is 0. The molecule has 4 heteroatoms. The van der Waals surface area contributed by atoms with Gasteiger partial charge in [0.2, 0.25) is 0 Å². The summed E-state index contributed by atoms with van der Waals surface area (Å²) >= 11 is 0. The first kappa shape index (κ1) is 14.5. The maximum Gasteiger partial charge on any atom is 0.272 e. The van der Waals surface area contributed by atoms with Gasteiger partial charge in [-0.1, -0.05) is 20.3 Å². The molecule has 0 aliphatic heterocycles. The van der Waals surface area contributed by atoms with Gasteiger partial charge in [-0.15, -0.1) is 0 Å². The number of amides is 1. The molecule has 0 saturated heterocycles. The first-order chi connectivity index (χ1) is 8.45. The van der Waals surface area contributed by atoms with Crippen LogP contribution < -0.4 is 5.32 Å². The Kier molecular flexibility index (Phi) is 5.13. The SMILES string of the molecule is CCC(C)C(C)Nc1ccnc(C(=O)N(C)C)c1. The fourth-order valence-corrected chi connectivity index (χ4v) is 1.63. The van der Waals surface area contributed by atoms with Crippen LogP contribution in [-0.2, 0) is 0 Å². The van der Waals surface area contributed by atoms with Crippen molar-refractivity contribution in [1.82, 2.24) is 9.88 Å². The summed E-state index contributed by atoms with van der Waals surface area (Å²) in [6, 6.07) is 4.08. The fraction of sp³-hybridized carbons (Fsp3) is 0.571. The summed E-state index contributed by atoms with van der Waals surface area (Å²) in [4.78, 5) is 17.4. The van der Waals surface area contributed by atoms with Crippen LogP contribution in [0.3, 0.4) is 0 Å². The minimum atomic E-state index is -0.0742. The van der Waals surface area contributed by atoms with Crippen molar-refractivity contribution in [2.45, 2.75) is 33.2 Å². The van der Waals surface area contributed by atoms with Crippen molar-refractivity contribution in [2.24, 2.45) is 5.92 Å². The third-order valence-electron chi connectivity index (χ3n) is 3.28. The molecule has 0 aromatic carbocycles. The third-order valence-corrected chi connectivity index (χ3v) is 3.28. The molecule has 0 aliphatic rings. The smallest absolute Gasteiger partial charge is 0.272 e. The Bertz CT molecular complexity index is 404. The zero-order valence-electron chi connectivity index (χ0n) is 11.9. The quantitative estimate of drug-likeness (QED) is 0.872. The second-order valence-corrected chi connectivity index (χ2v) is 4.95. The van der Waals surface area contributed by atoms with Crippen molar-refractivity contribution in [2.75, 3.05) is 19.4 Å². The van der Waals surface area contributed by atoms with E-state index in [0.717, 1.165) is 12.1 Å². The van der Waals surface area contributed by atoms with Crippen molar-refractivity contribution < 1.29 is 4.79 Å². The van der Waals surface area contributed by atoms with Crippen molar-refractivity contribution in [1.29, 1.82) is 0 Å². The van der Waals surface area contributed by atoms with E-state index in [1.165, 1.54) is 4.90 Å². The highest BCUT2D eigenvalue weighted by Crippen LogP contribution is 2.15. The van der Waals surface area contributed by atoms with Gasteiger partial charge in [0.1, 0.15) is 5.69 Å². The second-order valence-electron chi connectivity index (χ2n) is 4.95. The Hall–Kier alpha value is -1.58. The van der Waals surface area contributed by atoms with Gasteiger partial charge in [0.05, 0.1) is 0 Å². The van der Waals surface area contributed by atoms with Crippen LogP contribution in [0, 0.1) is 5.92 Å². The number of nitrogens with zero attached hydrogens (tertiary/aromatic N) is 2. The molecule has 0 spiro atoms. The van der Waals surface area contributed by atoms with Gasteiger partial charge >= 0.3 is 0 Å². The third kappa shape index (κ3) is 3.72. The van der Waals surface area contributed by atoms with Crippen LogP contribution in [0.25, 0.3) is 0 Å². The first-order valence-corrected chi connectivity index (χ1v) is 6.40. The van der Waals surface area contributed by atoms with Crippen LogP contribution in [0.15, 0.2) is 18.3 Å². The van der Waals surface area contributed by atoms with Gasteiger partial charge in [0, 0.05) is 32.0 Å². The summed E-state index contributed by atoms with van der Waals surface area (Å²) in [5, 5.41) is 3.42. The molecule has 4 nitrogen and oxygen atoms in total. The van der Waals surface area contributed by atoms with Crippen LogP contribution in [0.4, 0.5) is 5.69 Å². The van der Waals surface area contributed by atoms with Crippen LogP contribution >= 0.6 is 0 Å². The lowest BCUT2D eigenvalue weighted by Gasteiger charge is -2.21. The Morgan fingerprint density at radius 1 is 1.44 bits per heavy atom. The molecule has 0 aliphatic carbocycles. The number of nitrogens with one attached hydrogen (secondary N) is 1. The molecule has 1 aromatic heterocycles. The molecular formula is C14H23N3O. The second kappa shape index (κ2) is 6.38. The molecule has 0 radical (unpaired) electrons. The summed E-state index contributed by atoms with van der Waals surface area (Å²) in [7, 11) is 3.46. The van der Waals surface area contributed by atoms with Crippen molar-refractivity contribution in [3.8, 4) is 0 Å². The molecule has 2 unspecified atom stereocenters. The van der Waals surface area contributed by atoms with Gasteiger partial charge in [-0.25, -0.2) is 0 Å². The summed E-state index contributed by atoms with van der Waals surface area (Å²) in [5.41, 5.74) is 1.42. The van der Waals surface area contributed by atoms with Crippen LogP contribution in [0.1, 0.15) is 37.7 Å². The number of pyridine rings is 1. The molecule has 2 atom stereocenters. The fourth-order valence-electron chi connectivity index (χ4n) is 1.63. The van der Waals surface area contributed by atoms with E-state index < -0.39 is 0 Å². The van der Waals surface area contributed by atoms with Gasteiger partial charge in [-0.05, 0) is 25.0 Å². The number of hydrogen-bond donors (Lipinski definition) is 1. The molecule has 1 rings (SSSR count). The van der Waals surface area contributed by atoms with Gasteiger partial charge in [0.15, 0.2) is 0 Å². The van der Waals surface area contributed by atoms with Gasteiger partial charge in [-0.2, -0.15) is 0 Å². The maximum atomic E-state index is 11.8. The lowest BCUT2D eigenvalue weighted by Crippen LogP contribution is -2.25. The lowest BCUT2D eigenvalue weighted by molar-refractivity contribution is 0.0822. The predicted molar refractivity (Wildman–Crippen MR) is 74.8 cm³/mol. The highest BCUT2D eigenvalue weighted by molar-refractivity contribution is 5.92. The molecule has 100 valence electrons. The van der Waals surface area contributed by atoms with E-state index >= 15 is 0 Å². The number of carbonyl (C=O) groups excluding carboxylic acids is 1. The number of carbonyl (C=O) groups is 1. The van der Waals surface area contributed by atoms with E-state index in [1.54, 1.807) is 26.4 Å². The van der Waals surface area contributed by atoms with E-state index in [-0.39, 0.29) is 5.91 Å². The van der Waals surface area contributed by atoms with Crippen LogP contribution in [0.2, 0.25) is 0 Å². The van der Waals surface area contributed by atoms with Gasteiger partial charge in [0.25, 0.3) is 5.91 Å². The highest BCUT2D eigenvalue weighted by atomic mass is 16.2. The normalized spacial score (nSPS) is 13.8. The van der Waals surface area contributed by atoms with Crippen molar-refractivity contribution in [3.63, 3.8) is 0 Å². The molecular weight excluding hydrogens is 226 g/mol. The largest absolute Gasteiger partial charge is 0.382 e. The molecule has 0 fully saturated rings. The van der Waals surface area contributed by atoms with E-state index in [4.69, 9.17) is 0 Å². The average molecular weight is 249 g/mol. The van der Waals surface area contributed by atoms with Crippen molar-refractivity contribution >= 4 is 11.6 Å². The lowest BCUT2D eigenvalue weighted by atomic mass is 10.0. The minimum Gasteiger partial charge on any atom is -0.382 e. The zero-order valence-corrected chi connectivity index (χ0v) is 11.9.